The van der Waals surface area contributed by atoms with Crippen LogP contribution in [0.15, 0.2) is 4.99 Å². The Morgan fingerprint density at radius 2 is 1.39 bits per heavy atom. The topological polar surface area (TPSA) is 12.4 Å². The maximum atomic E-state index is 5.22. The number of rotatable bonds is 4. The molecule has 0 amide bonds. The summed E-state index contributed by atoms with van der Waals surface area (Å²) in [6, 6.07) is 0.567. The first kappa shape index (κ1) is 16.2. The number of aliphatic imine (C=N–C) groups is 1. The Hall–Kier alpha value is 0.189. The second kappa shape index (κ2) is 6.57. The van der Waals surface area contributed by atoms with E-state index in [1.165, 1.54) is 5.71 Å². The van der Waals surface area contributed by atoms with Crippen molar-refractivity contribution in [2.45, 2.75) is 71.1 Å². The minimum atomic E-state index is 0.567. The molecule has 1 nitrogen and oxygen atoms in total. The van der Waals surface area contributed by atoms with Gasteiger partial charge >= 0.3 is 120 Å². The summed E-state index contributed by atoms with van der Waals surface area (Å²) in [5.41, 5.74) is 1.51. The molecular weight excluding hydrogens is 285 g/mol. The summed E-state index contributed by atoms with van der Waals surface area (Å²) in [6.45, 7) is 18.8. The predicted molar refractivity (Wildman–Crippen MR) is 83.8 cm³/mol. The molecule has 0 radical (unpaired) electrons. The summed E-state index contributed by atoms with van der Waals surface area (Å²) >= 11 is 0.707. The standard InChI is InChI=1S/C16H31NSe/c1-9(2)13-15(11(5)6)18-16(12(7)8)14(17-13)10(3)4/h9-13,15-16H,1-8H3. The molecule has 0 N–H and O–H groups in total. The van der Waals surface area contributed by atoms with Gasteiger partial charge in [-0.25, -0.2) is 0 Å². The molecule has 1 aliphatic rings. The van der Waals surface area contributed by atoms with Gasteiger partial charge in [-0.05, 0) is 0 Å². The fourth-order valence-corrected chi connectivity index (χ4v) is 6.84. The van der Waals surface area contributed by atoms with Gasteiger partial charge in [0.2, 0.25) is 0 Å². The van der Waals surface area contributed by atoms with Gasteiger partial charge < -0.3 is 0 Å². The van der Waals surface area contributed by atoms with E-state index in [9.17, 15) is 0 Å². The van der Waals surface area contributed by atoms with Crippen LogP contribution in [0, 0.1) is 23.7 Å². The van der Waals surface area contributed by atoms with Gasteiger partial charge in [-0.2, -0.15) is 0 Å². The summed E-state index contributed by atoms with van der Waals surface area (Å²) < 4.78 is 0. The molecule has 0 bridgehead atoms. The van der Waals surface area contributed by atoms with Crippen LogP contribution in [0.1, 0.15) is 55.4 Å². The van der Waals surface area contributed by atoms with E-state index in [2.05, 4.69) is 55.4 Å². The van der Waals surface area contributed by atoms with Gasteiger partial charge in [0, 0.05) is 0 Å². The Morgan fingerprint density at radius 1 is 0.833 bits per heavy atom. The van der Waals surface area contributed by atoms with Crippen LogP contribution in [0.5, 0.6) is 0 Å². The van der Waals surface area contributed by atoms with E-state index in [-0.39, 0.29) is 0 Å². The molecular formula is C16H31NSe. The van der Waals surface area contributed by atoms with E-state index in [1.807, 2.05) is 0 Å². The Labute approximate surface area is 120 Å². The third-order valence-corrected chi connectivity index (χ3v) is 8.42. The number of nitrogens with zero attached hydrogens (tertiary/aromatic N) is 1. The van der Waals surface area contributed by atoms with Crippen LogP contribution in [0.25, 0.3) is 0 Å². The average molecular weight is 316 g/mol. The molecule has 1 aliphatic heterocycles. The molecule has 18 heavy (non-hydrogen) atoms. The Bertz CT molecular complexity index is 291. The van der Waals surface area contributed by atoms with E-state index < -0.39 is 0 Å². The fourth-order valence-electron chi connectivity index (χ4n) is 2.69. The summed E-state index contributed by atoms with van der Waals surface area (Å²) in [5.74, 6) is 2.83. The zero-order valence-corrected chi connectivity index (χ0v) is 15.1. The molecule has 0 aromatic heterocycles. The Balaban J connectivity index is 3.10. The average Bonchev–Trinajstić information content (AvgIpc) is 2.26. The van der Waals surface area contributed by atoms with Gasteiger partial charge in [-0.3, -0.25) is 0 Å². The predicted octanol–water partition coefficient (Wildman–Crippen LogP) is 4.71. The molecule has 0 saturated carbocycles. The molecule has 1 heterocycles. The van der Waals surface area contributed by atoms with Crippen molar-refractivity contribution in [3.8, 4) is 0 Å². The second-order valence-corrected chi connectivity index (χ2v) is 9.73. The van der Waals surface area contributed by atoms with E-state index in [1.54, 1.807) is 0 Å². The van der Waals surface area contributed by atoms with E-state index in [0.717, 1.165) is 21.5 Å². The Morgan fingerprint density at radius 3 is 1.72 bits per heavy atom. The molecule has 3 unspecified atom stereocenters. The molecule has 0 aromatic carbocycles. The molecule has 3 atom stereocenters. The van der Waals surface area contributed by atoms with Crippen LogP contribution in [0.4, 0.5) is 0 Å². The third kappa shape index (κ3) is 3.60. The molecule has 0 aliphatic carbocycles. The van der Waals surface area contributed by atoms with Crippen molar-refractivity contribution in [2.24, 2.45) is 28.7 Å². The minimum absolute atomic E-state index is 0.567. The van der Waals surface area contributed by atoms with Crippen LogP contribution < -0.4 is 0 Å². The molecule has 0 fully saturated rings. The van der Waals surface area contributed by atoms with Crippen LogP contribution in [-0.4, -0.2) is 26.7 Å². The quantitative estimate of drug-likeness (QED) is 0.666. The van der Waals surface area contributed by atoms with Gasteiger partial charge in [-0.1, -0.05) is 0 Å². The molecule has 1 rings (SSSR count). The van der Waals surface area contributed by atoms with Crippen molar-refractivity contribution in [1.29, 1.82) is 0 Å². The van der Waals surface area contributed by atoms with Crippen molar-refractivity contribution in [1.82, 2.24) is 0 Å². The van der Waals surface area contributed by atoms with Gasteiger partial charge in [-0.15, -0.1) is 0 Å². The van der Waals surface area contributed by atoms with E-state index in [0.29, 0.717) is 32.8 Å². The summed E-state index contributed by atoms with van der Waals surface area (Å²) in [6.07, 6.45) is 0. The van der Waals surface area contributed by atoms with Crippen molar-refractivity contribution in [2.75, 3.05) is 0 Å². The zero-order valence-electron chi connectivity index (χ0n) is 13.4. The molecule has 0 saturated heterocycles. The first-order valence-corrected chi connectivity index (χ1v) is 9.46. The van der Waals surface area contributed by atoms with Gasteiger partial charge in [0.25, 0.3) is 0 Å². The van der Waals surface area contributed by atoms with Crippen LogP contribution in [0.2, 0.25) is 9.63 Å². The summed E-state index contributed by atoms with van der Waals surface area (Å²) in [7, 11) is 0. The first-order valence-electron chi connectivity index (χ1n) is 7.48. The van der Waals surface area contributed by atoms with Crippen LogP contribution in [0.3, 0.4) is 0 Å². The monoisotopic (exact) mass is 317 g/mol. The number of hydrogen-bond acceptors (Lipinski definition) is 1. The van der Waals surface area contributed by atoms with E-state index in [4.69, 9.17) is 4.99 Å². The zero-order chi connectivity index (χ0) is 14.0. The van der Waals surface area contributed by atoms with Crippen molar-refractivity contribution >= 4 is 20.7 Å². The molecule has 106 valence electrons. The van der Waals surface area contributed by atoms with Crippen molar-refractivity contribution < 1.29 is 0 Å². The third-order valence-electron chi connectivity index (χ3n) is 3.77. The van der Waals surface area contributed by atoms with Crippen LogP contribution in [-0.2, 0) is 0 Å². The molecule has 0 spiro atoms. The van der Waals surface area contributed by atoms with Gasteiger partial charge in [0.15, 0.2) is 0 Å². The normalized spacial score (nSPS) is 29.6. The van der Waals surface area contributed by atoms with Gasteiger partial charge in [0.1, 0.15) is 0 Å². The Kier molecular flexibility index (Phi) is 5.93. The number of hydrogen-bond donors (Lipinski definition) is 0. The van der Waals surface area contributed by atoms with Crippen LogP contribution >= 0.6 is 0 Å². The maximum absolute atomic E-state index is 5.22. The fraction of sp³-hybridized carbons (Fsp3) is 0.938. The summed E-state index contributed by atoms with van der Waals surface area (Å²) in [5, 5.41) is 0. The van der Waals surface area contributed by atoms with Crippen molar-refractivity contribution in [3.63, 3.8) is 0 Å². The SMILES string of the molecule is CC(C)C1=NC(C(C)C)C(C(C)C)[Se]C1C(C)C. The molecule has 0 aromatic rings. The summed E-state index contributed by atoms with van der Waals surface area (Å²) in [4.78, 5) is 6.81. The first-order chi connectivity index (χ1) is 8.25. The van der Waals surface area contributed by atoms with Crippen molar-refractivity contribution in [3.05, 3.63) is 0 Å². The van der Waals surface area contributed by atoms with E-state index >= 15 is 0 Å². The second-order valence-electron chi connectivity index (χ2n) is 6.95. The van der Waals surface area contributed by atoms with Gasteiger partial charge in [0.05, 0.1) is 0 Å². The molecule has 2 heteroatoms.